The lowest BCUT2D eigenvalue weighted by atomic mass is 10.0. The van der Waals surface area contributed by atoms with Gasteiger partial charge in [-0.1, -0.05) is 30.3 Å². The lowest BCUT2D eigenvalue weighted by molar-refractivity contribution is 0.0496. The normalized spacial score (nSPS) is 12.9. The Hall–Kier alpha value is -1.55. The molecule has 2 N–H and O–H groups in total. The smallest absolute Gasteiger partial charge is 0.408 e. The fourth-order valence-corrected chi connectivity index (χ4v) is 1.59. The molecule has 0 heterocycles. The number of hydrogen-bond donors (Lipinski definition) is 2. The number of rotatable bonds is 4. The first kappa shape index (κ1) is 14.5. The van der Waals surface area contributed by atoms with Crippen LogP contribution in [0.5, 0.6) is 0 Å². The zero-order valence-electron chi connectivity index (χ0n) is 11.1. The average molecular weight is 251 g/mol. The summed E-state index contributed by atoms with van der Waals surface area (Å²) in [5, 5.41) is 11.8. The van der Waals surface area contributed by atoms with Gasteiger partial charge < -0.3 is 15.2 Å². The molecular weight excluding hydrogens is 230 g/mol. The highest BCUT2D eigenvalue weighted by molar-refractivity contribution is 5.68. The molecular formula is C14H21NO3. The quantitative estimate of drug-likeness (QED) is 0.864. The molecule has 0 saturated carbocycles. The molecule has 0 aliphatic carbocycles. The maximum Gasteiger partial charge on any atom is 0.408 e. The summed E-state index contributed by atoms with van der Waals surface area (Å²) in [4.78, 5) is 11.7. The molecule has 18 heavy (non-hydrogen) atoms. The Morgan fingerprint density at radius 3 is 2.44 bits per heavy atom. The van der Waals surface area contributed by atoms with Gasteiger partial charge in [-0.25, -0.2) is 4.79 Å². The summed E-state index contributed by atoms with van der Waals surface area (Å²) in [6.07, 6.45) is -0.00621. The van der Waals surface area contributed by atoms with Crippen molar-refractivity contribution in [3.05, 3.63) is 35.9 Å². The monoisotopic (exact) mass is 251 g/mol. The van der Waals surface area contributed by atoms with Gasteiger partial charge in [-0.05, 0) is 32.8 Å². The summed E-state index contributed by atoms with van der Waals surface area (Å²) in [7, 11) is 0. The zero-order chi connectivity index (χ0) is 13.6. The van der Waals surface area contributed by atoms with E-state index in [4.69, 9.17) is 9.84 Å². The largest absolute Gasteiger partial charge is 0.444 e. The SMILES string of the molecule is CC(C)(C)OC(=O)NC(CCO)c1ccccc1. The summed E-state index contributed by atoms with van der Waals surface area (Å²) in [5.74, 6) is 0. The number of carbonyl (C=O) groups is 1. The van der Waals surface area contributed by atoms with E-state index in [-0.39, 0.29) is 12.6 Å². The maximum atomic E-state index is 11.7. The fourth-order valence-electron chi connectivity index (χ4n) is 1.59. The molecule has 0 aliphatic heterocycles. The van der Waals surface area contributed by atoms with E-state index in [0.717, 1.165) is 5.56 Å². The van der Waals surface area contributed by atoms with Crippen LogP contribution >= 0.6 is 0 Å². The van der Waals surface area contributed by atoms with Gasteiger partial charge in [0.1, 0.15) is 5.60 Å². The molecule has 1 atom stereocenters. The van der Waals surface area contributed by atoms with Crippen LogP contribution in [0, 0.1) is 0 Å². The van der Waals surface area contributed by atoms with Gasteiger partial charge in [0.2, 0.25) is 0 Å². The van der Waals surface area contributed by atoms with E-state index in [1.165, 1.54) is 0 Å². The molecule has 4 heteroatoms. The Labute approximate surface area is 108 Å². The number of benzene rings is 1. The molecule has 0 saturated heterocycles. The Balaban J connectivity index is 2.67. The van der Waals surface area contributed by atoms with E-state index >= 15 is 0 Å². The van der Waals surface area contributed by atoms with Crippen LogP contribution in [0.2, 0.25) is 0 Å². The van der Waals surface area contributed by atoms with E-state index < -0.39 is 11.7 Å². The van der Waals surface area contributed by atoms with Crippen LogP contribution in [0.1, 0.15) is 38.8 Å². The van der Waals surface area contributed by atoms with Crippen LogP contribution < -0.4 is 5.32 Å². The first-order valence-corrected chi connectivity index (χ1v) is 6.07. The Morgan fingerprint density at radius 1 is 1.33 bits per heavy atom. The van der Waals surface area contributed by atoms with Gasteiger partial charge in [-0.3, -0.25) is 0 Å². The highest BCUT2D eigenvalue weighted by Gasteiger charge is 2.20. The molecule has 0 bridgehead atoms. The summed E-state index contributed by atoms with van der Waals surface area (Å²) in [5.41, 5.74) is 0.433. The van der Waals surface area contributed by atoms with Crippen LogP contribution in [0.3, 0.4) is 0 Å². The Kier molecular flexibility index (Phi) is 5.16. The summed E-state index contributed by atoms with van der Waals surface area (Å²) in [6.45, 7) is 5.46. The lowest BCUT2D eigenvalue weighted by Crippen LogP contribution is -2.35. The number of aliphatic hydroxyl groups excluding tert-OH is 1. The van der Waals surface area contributed by atoms with Crippen molar-refractivity contribution in [2.75, 3.05) is 6.61 Å². The molecule has 1 unspecified atom stereocenters. The molecule has 1 aromatic carbocycles. The third-order valence-electron chi connectivity index (χ3n) is 2.31. The van der Waals surface area contributed by atoms with E-state index in [1.54, 1.807) is 0 Å². The third kappa shape index (κ3) is 5.19. The second-order valence-electron chi connectivity index (χ2n) is 5.12. The predicted molar refractivity (Wildman–Crippen MR) is 70.3 cm³/mol. The van der Waals surface area contributed by atoms with Crippen molar-refractivity contribution in [3.8, 4) is 0 Å². The van der Waals surface area contributed by atoms with Gasteiger partial charge >= 0.3 is 6.09 Å². The minimum absolute atomic E-state index is 0.00928. The maximum absolute atomic E-state index is 11.7. The van der Waals surface area contributed by atoms with Crippen LogP contribution in [-0.2, 0) is 4.74 Å². The first-order chi connectivity index (χ1) is 8.42. The van der Waals surface area contributed by atoms with Crippen molar-refractivity contribution < 1.29 is 14.6 Å². The molecule has 0 aromatic heterocycles. The van der Waals surface area contributed by atoms with Gasteiger partial charge in [0.05, 0.1) is 6.04 Å². The van der Waals surface area contributed by atoms with E-state index in [2.05, 4.69) is 5.32 Å². The van der Waals surface area contributed by atoms with Crippen LogP contribution in [0.15, 0.2) is 30.3 Å². The van der Waals surface area contributed by atoms with E-state index in [1.807, 2.05) is 51.1 Å². The van der Waals surface area contributed by atoms with Crippen LogP contribution in [-0.4, -0.2) is 23.4 Å². The number of alkyl carbamates (subject to hydrolysis) is 1. The summed E-state index contributed by atoms with van der Waals surface area (Å²) >= 11 is 0. The van der Waals surface area contributed by atoms with Crippen molar-refractivity contribution in [3.63, 3.8) is 0 Å². The number of aliphatic hydroxyl groups is 1. The number of carbonyl (C=O) groups excluding carboxylic acids is 1. The molecule has 4 nitrogen and oxygen atoms in total. The van der Waals surface area contributed by atoms with Crippen molar-refractivity contribution in [1.82, 2.24) is 5.32 Å². The molecule has 1 aromatic rings. The molecule has 0 fully saturated rings. The van der Waals surface area contributed by atoms with Gasteiger partial charge in [-0.2, -0.15) is 0 Å². The minimum atomic E-state index is -0.523. The Morgan fingerprint density at radius 2 is 1.94 bits per heavy atom. The van der Waals surface area contributed by atoms with Crippen molar-refractivity contribution in [2.45, 2.75) is 38.8 Å². The van der Waals surface area contributed by atoms with Crippen molar-refractivity contribution in [2.24, 2.45) is 0 Å². The standard InChI is InChI=1S/C14H21NO3/c1-14(2,3)18-13(17)15-12(9-10-16)11-7-5-4-6-8-11/h4-8,12,16H,9-10H2,1-3H3,(H,15,17). The second-order valence-corrected chi connectivity index (χ2v) is 5.12. The highest BCUT2D eigenvalue weighted by Crippen LogP contribution is 2.17. The van der Waals surface area contributed by atoms with Gasteiger partial charge in [0, 0.05) is 6.61 Å². The van der Waals surface area contributed by atoms with E-state index in [9.17, 15) is 4.79 Å². The third-order valence-corrected chi connectivity index (χ3v) is 2.31. The van der Waals surface area contributed by atoms with Crippen molar-refractivity contribution >= 4 is 6.09 Å². The van der Waals surface area contributed by atoms with Gasteiger partial charge in [0.25, 0.3) is 0 Å². The molecule has 0 spiro atoms. The van der Waals surface area contributed by atoms with Crippen LogP contribution in [0.4, 0.5) is 4.79 Å². The number of ether oxygens (including phenoxy) is 1. The van der Waals surface area contributed by atoms with Gasteiger partial charge in [-0.15, -0.1) is 0 Å². The first-order valence-electron chi connectivity index (χ1n) is 6.07. The molecule has 100 valence electrons. The second kappa shape index (κ2) is 6.40. The van der Waals surface area contributed by atoms with E-state index in [0.29, 0.717) is 6.42 Å². The fraction of sp³-hybridized carbons (Fsp3) is 0.500. The number of nitrogens with one attached hydrogen (secondary N) is 1. The molecule has 0 aliphatic rings. The summed E-state index contributed by atoms with van der Waals surface area (Å²) < 4.78 is 5.20. The molecule has 1 rings (SSSR count). The number of hydrogen-bond acceptors (Lipinski definition) is 3. The van der Waals surface area contributed by atoms with Crippen LogP contribution in [0.25, 0.3) is 0 Å². The summed E-state index contributed by atoms with van der Waals surface area (Å²) in [6, 6.07) is 9.31. The minimum Gasteiger partial charge on any atom is -0.444 e. The predicted octanol–water partition coefficient (Wildman–Crippen LogP) is 2.63. The highest BCUT2D eigenvalue weighted by atomic mass is 16.6. The van der Waals surface area contributed by atoms with Gasteiger partial charge in [0.15, 0.2) is 0 Å². The zero-order valence-corrected chi connectivity index (χ0v) is 11.1. The molecule has 0 radical (unpaired) electrons. The average Bonchev–Trinajstić information content (AvgIpc) is 2.27. The Bertz CT molecular complexity index is 370. The number of amides is 1. The lowest BCUT2D eigenvalue weighted by Gasteiger charge is -2.23. The topological polar surface area (TPSA) is 58.6 Å². The molecule has 1 amide bonds. The van der Waals surface area contributed by atoms with Crippen molar-refractivity contribution in [1.29, 1.82) is 0 Å².